The molecule has 4 aromatic carbocycles. The lowest BCUT2D eigenvalue weighted by molar-refractivity contribution is 0.129. The Balaban J connectivity index is 2.09. The van der Waals surface area contributed by atoms with Crippen molar-refractivity contribution in [3.05, 3.63) is 98.6 Å². The highest BCUT2D eigenvalue weighted by Gasteiger charge is 2.35. The monoisotopic (exact) mass is 758 g/mol. The van der Waals surface area contributed by atoms with Crippen LogP contribution in [0.4, 0.5) is 0 Å². The van der Waals surface area contributed by atoms with Gasteiger partial charge < -0.3 is 22.8 Å². The highest BCUT2D eigenvalue weighted by molar-refractivity contribution is 7.27. The van der Waals surface area contributed by atoms with E-state index in [-0.39, 0.29) is 34.3 Å². The number of hydrogen-bond acceptors (Lipinski definition) is 5. The summed E-state index contributed by atoms with van der Waals surface area (Å²) in [7, 11) is -0.550. The number of aryl methyl sites for hydroxylation is 4. The molecule has 0 amide bonds. The first-order valence-corrected chi connectivity index (χ1v) is 20.3. The van der Waals surface area contributed by atoms with Crippen molar-refractivity contribution in [3.63, 3.8) is 0 Å². The number of hydrogen-bond donors (Lipinski definition) is 0. The second-order valence-electron chi connectivity index (χ2n) is 18.6. The first kappa shape index (κ1) is 42.5. The molecule has 0 N–H and O–H groups in total. The SMILES string of the molecule is Cc1ccc(C)c(OPOc2c(C(C)(C)C)cc(OC(C)(C)C)c(C)c2-c2c(C)c(C(C)(C)C)cc(C(C)(C)C)c2OPOc2cc(C)ccc2C)c1. The van der Waals surface area contributed by atoms with E-state index in [0.29, 0.717) is 0 Å². The second-order valence-corrected chi connectivity index (χ2v) is 19.8. The summed E-state index contributed by atoms with van der Waals surface area (Å²) in [4.78, 5) is 0. The van der Waals surface area contributed by atoms with Crippen LogP contribution in [-0.4, -0.2) is 5.60 Å². The Labute approximate surface area is 324 Å². The molecule has 0 aliphatic heterocycles. The van der Waals surface area contributed by atoms with Crippen molar-refractivity contribution in [1.29, 1.82) is 0 Å². The van der Waals surface area contributed by atoms with Crippen LogP contribution in [0.1, 0.15) is 133 Å². The van der Waals surface area contributed by atoms with Gasteiger partial charge in [0.15, 0.2) is 0 Å². The van der Waals surface area contributed by atoms with Crippen LogP contribution < -0.4 is 22.8 Å². The van der Waals surface area contributed by atoms with Crippen molar-refractivity contribution in [2.24, 2.45) is 0 Å². The topological polar surface area (TPSA) is 46.2 Å². The van der Waals surface area contributed by atoms with Gasteiger partial charge in [0.1, 0.15) is 34.3 Å². The molecule has 0 fully saturated rings. The van der Waals surface area contributed by atoms with Crippen molar-refractivity contribution in [2.45, 2.75) is 146 Å². The van der Waals surface area contributed by atoms with E-state index in [1.165, 1.54) is 5.56 Å². The van der Waals surface area contributed by atoms with Crippen LogP contribution in [0.5, 0.6) is 28.7 Å². The van der Waals surface area contributed by atoms with E-state index in [2.05, 4.69) is 173 Å². The zero-order valence-electron chi connectivity index (χ0n) is 35.7. The minimum atomic E-state index is -0.424. The fraction of sp³-hybridized carbons (Fsp3) is 0.478. The lowest BCUT2D eigenvalue weighted by Crippen LogP contribution is -2.24. The molecular weight excluding hydrogens is 694 g/mol. The first-order valence-electron chi connectivity index (χ1n) is 18.7. The third-order valence-electron chi connectivity index (χ3n) is 9.40. The maximum atomic E-state index is 6.96. The predicted molar refractivity (Wildman–Crippen MR) is 229 cm³/mol. The Morgan fingerprint density at radius 2 is 0.811 bits per heavy atom. The predicted octanol–water partition coefficient (Wildman–Crippen LogP) is 14.2. The molecule has 7 heteroatoms. The average molecular weight is 759 g/mol. The summed E-state index contributed by atoms with van der Waals surface area (Å²) in [6, 6.07) is 17.0. The van der Waals surface area contributed by atoms with Crippen molar-refractivity contribution in [2.75, 3.05) is 0 Å². The van der Waals surface area contributed by atoms with Gasteiger partial charge in [0.25, 0.3) is 18.1 Å². The van der Waals surface area contributed by atoms with Crippen molar-refractivity contribution >= 4 is 18.1 Å². The standard InChI is InChI=1S/C46H64O5P2/c1-27-19-21-29(3)36(23-27)48-52-50-41-34(44(10,11)12)25-33(43(7,8)9)31(5)39(41)40-32(6)38(47-46(16,17)18)26-35(45(13,14)15)42(40)51-53-49-37-24-28(2)20-22-30(37)4/h19-26,52-53H,1-18H3. The molecule has 2 unspecified atom stereocenters. The molecule has 0 aliphatic carbocycles. The molecule has 0 bridgehead atoms. The lowest BCUT2D eigenvalue weighted by atomic mass is 9.74. The van der Waals surface area contributed by atoms with Gasteiger partial charge >= 0.3 is 0 Å². The summed E-state index contributed by atoms with van der Waals surface area (Å²) >= 11 is 0. The molecule has 2 atom stereocenters. The average Bonchev–Trinajstić information content (AvgIpc) is 3.00. The second kappa shape index (κ2) is 15.8. The lowest BCUT2D eigenvalue weighted by Gasteiger charge is -2.34. The molecular formula is C46H64O5P2. The summed E-state index contributed by atoms with van der Waals surface area (Å²) in [6.45, 7) is 39.2. The molecule has 0 saturated heterocycles. The van der Waals surface area contributed by atoms with Crippen molar-refractivity contribution in [1.82, 2.24) is 0 Å². The number of ether oxygens (including phenoxy) is 1. The van der Waals surface area contributed by atoms with Crippen LogP contribution in [-0.2, 0) is 16.2 Å². The number of benzene rings is 4. The summed E-state index contributed by atoms with van der Waals surface area (Å²) < 4.78 is 33.5. The molecule has 0 radical (unpaired) electrons. The molecule has 0 aliphatic rings. The summed E-state index contributed by atoms with van der Waals surface area (Å²) in [5.74, 6) is 4.04. The van der Waals surface area contributed by atoms with E-state index < -0.39 is 5.60 Å². The van der Waals surface area contributed by atoms with Crippen LogP contribution in [0.15, 0.2) is 48.5 Å². The van der Waals surface area contributed by atoms with Crippen LogP contribution in [0, 0.1) is 41.5 Å². The minimum Gasteiger partial charge on any atom is -0.488 e. The minimum absolute atomic E-state index is 0.149. The maximum Gasteiger partial charge on any atom is 0.275 e. The van der Waals surface area contributed by atoms with Gasteiger partial charge in [-0.15, -0.1) is 0 Å². The molecule has 0 heterocycles. The largest absolute Gasteiger partial charge is 0.488 e. The van der Waals surface area contributed by atoms with Crippen molar-refractivity contribution < 1.29 is 22.8 Å². The fourth-order valence-corrected chi connectivity index (χ4v) is 7.78. The zero-order valence-corrected chi connectivity index (χ0v) is 37.7. The number of rotatable bonds is 10. The van der Waals surface area contributed by atoms with Gasteiger partial charge in [-0.3, -0.25) is 0 Å². The zero-order chi connectivity index (χ0) is 39.8. The molecule has 4 aromatic rings. The van der Waals surface area contributed by atoms with Gasteiger partial charge in [-0.25, -0.2) is 0 Å². The van der Waals surface area contributed by atoms with Crippen LogP contribution in [0.3, 0.4) is 0 Å². The highest BCUT2D eigenvalue weighted by Crippen LogP contribution is 2.55. The van der Waals surface area contributed by atoms with E-state index in [0.717, 1.165) is 84.4 Å². The summed E-state index contributed by atoms with van der Waals surface area (Å²) in [6.07, 6.45) is 0. The van der Waals surface area contributed by atoms with E-state index in [1.807, 2.05) is 0 Å². The molecule has 0 spiro atoms. The highest BCUT2D eigenvalue weighted by atomic mass is 31.1. The molecule has 0 saturated carbocycles. The van der Waals surface area contributed by atoms with Gasteiger partial charge in [-0.2, -0.15) is 0 Å². The third kappa shape index (κ3) is 10.3. The normalized spacial score (nSPS) is 12.9. The van der Waals surface area contributed by atoms with Gasteiger partial charge in [0, 0.05) is 27.8 Å². The van der Waals surface area contributed by atoms with E-state index in [9.17, 15) is 0 Å². The smallest absolute Gasteiger partial charge is 0.275 e. The van der Waals surface area contributed by atoms with Crippen LogP contribution >= 0.6 is 18.1 Å². The quantitative estimate of drug-likeness (QED) is 0.151. The molecule has 4 rings (SSSR count). The van der Waals surface area contributed by atoms with E-state index >= 15 is 0 Å². The van der Waals surface area contributed by atoms with Crippen LogP contribution in [0.2, 0.25) is 0 Å². The van der Waals surface area contributed by atoms with E-state index in [4.69, 9.17) is 22.8 Å². The Bertz CT molecular complexity index is 1950. The van der Waals surface area contributed by atoms with E-state index in [1.54, 1.807) is 0 Å². The van der Waals surface area contributed by atoms with Crippen LogP contribution in [0.25, 0.3) is 11.1 Å². The fourth-order valence-electron chi connectivity index (χ4n) is 6.48. The van der Waals surface area contributed by atoms with Gasteiger partial charge in [0.2, 0.25) is 0 Å². The Morgan fingerprint density at radius 1 is 0.415 bits per heavy atom. The third-order valence-corrected chi connectivity index (χ3v) is 10.6. The Hall–Kier alpha value is -3.26. The van der Waals surface area contributed by atoms with Gasteiger partial charge in [0.05, 0.1) is 0 Å². The molecule has 0 aromatic heterocycles. The van der Waals surface area contributed by atoms with Gasteiger partial charge in [-0.05, 0) is 130 Å². The molecule has 288 valence electrons. The molecule has 5 nitrogen and oxygen atoms in total. The Morgan fingerprint density at radius 3 is 1.21 bits per heavy atom. The first-order chi connectivity index (χ1) is 24.3. The Kier molecular flexibility index (Phi) is 12.7. The van der Waals surface area contributed by atoms with Crippen molar-refractivity contribution in [3.8, 4) is 39.9 Å². The molecule has 53 heavy (non-hydrogen) atoms. The maximum absolute atomic E-state index is 6.96. The summed E-state index contributed by atoms with van der Waals surface area (Å²) in [5, 5.41) is 0. The summed E-state index contributed by atoms with van der Waals surface area (Å²) in [5.41, 5.74) is 10.8. The van der Waals surface area contributed by atoms with Gasteiger partial charge in [-0.1, -0.05) is 92.6 Å².